The first kappa shape index (κ1) is 19.5. The summed E-state index contributed by atoms with van der Waals surface area (Å²) in [6.07, 6.45) is -4.51. The molecule has 0 radical (unpaired) electrons. The van der Waals surface area contributed by atoms with Crippen molar-refractivity contribution in [1.82, 2.24) is 0 Å². The number of anilines is 1. The van der Waals surface area contributed by atoms with Crippen molar-refractivity contribution < 1.29 is 22.7 Å². The van der Waals surface area contributed by atoms with Gasteiger partial charge in [0.25, 0.3) is 0 Å². The summed E-state index contributed by atoms with van der Waals surface area (Å²) in [5, 5.41) is 2.86. The fraction of sp³-hybridized carbons (Fsp3) is 0.235. The molecule has 2 aromatic carbocycles. The summed E-state index contributed by atoms with van der Waals surface area (Å²) in [6.45, 7) is 0.359. The SMILES string of the molecule is O=C(CSCCOc1cccc(Cl)c1)Nc1ccccc1C(F)(F)F. The molecule has 3 nitrogen and oxygen atoms in total. The molecule has 0 heterocycles. The molecule has 0 aliphatic carbocycles. The van der Waals surface area contributed by atoms with E-state index in [9.17, 15) is 18.0 Å². The minimum Gasteiger partial charge on any atom is -0.493 e. The van der Waals surface area contributed by atoms with Gasteiger partial charge in [-0.3, -0.25) is 4.79 Å². The zero-order valence-electron chi connectivity index (χ0n) is 13.0. The quantitative estimate of drug-likeness (QED) is 0.669. The van der Waals surface area contributed by atoms with Gasteiger partial charge in [0.1, 0.15) is 5.75 Å². The number of hydrogen-bond acceptors (Lipinski definition) is 3. The van der Waals surface area contributed by atoms with Gasteiger partial charge in [-0.15, -0.1) is 11.8 Å². The van der Waals surface area contributed by atoms with E-state index in [2.05, 4.69) is 5.32 Å². The number of rotatable bonds is 7. The van der Waals surface area contributed by atoms with Crippen molar-refractivity contribution in [3.05, 3.63) is 59.1 Å². The summed E-state index contributed by atoms with van der Waals surface area (Å²) in [5.74, 6) is 0.674. The predicted molar refractivity (Wildman–Crippen MR) is 94.3 cm³/mol. The van der Waals surface area contributed by atoms with E-state index in [1.807, 2.05) is 0 Å². The summed E-state index contributed by atoms with van der Waals surface area (Å²) in [6, 6.07) is 11.8. The third kappa shape index (κ3) is 6.51. The van der Waals surface area contributed by atoms with Gasteiger partial charge < -0.3 is 10.1 Å². The van der Waals surface area contributed by atoms with Crippen molar-refractivity contribution in [3.8, 4) is 5.75 Å². The second kappa shape index (κ2) is 9.01. The van der Waals surface area contributed by atoms with Crippen LogP contribution < -0.4 is 10.1 Å². The average molecular weight is 390 g/mol. The van der Waals surface area contributed by atoms with Gasteiger partial charge in [-0.1, -0.05) is 29.8 Å². The van der Waals surface area contributed by atoms with Gasteiger partial charge in [-0.05, 0) is 30.3 Å². The number of hydrogen-bond donors (Lipinski definition) is 1. The van der Waals surface area contributed by atoms with Gasteiger partial charge in [-0.2, -0.15) is 13.2 Å². The number of para-hydroxylation sites is 1. The predicted octanol–water partition coefficient (Wildman–Crippen LogP) is 5.11. The molecular formula is C17H15ClF3NO2S. The smallest absolute Gasteiger partial charge is 0.418 e. The fourth-order valence-corrected chi connectivity index (χ4v) is 2.75. The number of ether oxygens (including phenoxy) is 1. The van der Waals surface area contributed by atoms with E-state index < -0.39 is 17.6 Å². The molecule has 2 rings (SSSR count). The van der Waals surface area contributed by atoms with Gasteiger partial charge >= 0.3 is 6.18 Å². The van der Waals surface area contributed by atoms with Crippen LogP contribution in [0.1, 0.15) is 5.56 Å². The highest BCUT2D eigenvalue weighted by Crippen LogP contribution is 2.34. The van der Waals surface area contributed by atoms with Crippen LogP contribution >= 0.6 is 23.4 Å². The average Bonchev–Trinajstić information content (AvgIpc) is 2.54. The van der Waals surface area contributed by atoms with E-state index in [1.54, 1.807) is 24.3 Å². The van der Waals surface area contributed by atoms with Gasteiger partial charge in [0.05, 0.1) is 23.6 Å². The zero-order valence-corrected chi connectivity index (χ0v) is 14.5. The molecule has 0 saturated carbocycles. The number of nitrogens with one attached hydrogen (secondary N) is 1. The lowest BCUT2D eigenvalue weighted by Gasteiger charge is -2.13. The van der Waals surface area contributed by atoms with Crippen molar-refractivity contribution in [3.63, 3.8) is 0 Å². The molecule has 0 atom stereocenters. The van der Waals surface area contributed by atoms with Crippen molar-refractivity contribution in [2.45, 2.75) is 6.18 Å². The van der Waals surface area contributed by atoms with Crippen LogP contribution in [0.25, 0.3) is 0 Å². The summed E-state index contributed by atoms with van der Waals surface area (Å²) < 4.78 is 44.0. The van der Waals surface area contributed by atoms with E-state index in [1.165, 1.54) is 30.0 Å². The van der Waals surface area contributed by atoms with Crippen LogP contribution in [0.4, 0.5) is 18.9 Å². The molecule has 0 saturated heterocycles. The number of thioether (sulfide) groups is 1. The topological polar surface area (TPSA) is 38.3 Å². The summed E-state index contributed by atoms with van der Waals surface area (Å²) >= 11 is 7.10. The van der Waals surface area contributed by atoms with Gasteiger partial charge in [0, 0.05) is 10.8 Å². The van der Waals surface area contributed by atoms with Crippen molar-refractivity contribution in [2.75, 3.05) is 23.4 Å². The zero-order chi connectivity index (χ0) is 18.3. The highest BCUT2D eigenvalue weighted by molar-refractivity contribution is 7.99. The first-order chi connectivity index (χ1) is 11.9. The van der Waals surface area contributed by atoms with Crippen molar-refractivity contribution in [2.24, 2.45) is 0 Å². The second-order valence-corrected chi connectivity index (χ2v) is 6.49. The number of amides is 1. The molecule has 2 aromatic rings. The molecule has 0 aliphatic heterocycles. The highest BCUT2D eigenvalue weighted by atomic mass is 35.5. The van der Waals surface area contributed by atoms with E-state index in [-0.39, 0.29) is 11.4 Å². The molecule has 0 spiro atoms. The Kier molecular flexibility index (Phi) is 7.01. The molecule has 0 bridgehead atoms. The van der Waals surface area contributed by atoms with Gasteiger partial charge in [-0.25, -0.2) is 0 Å². The van der Waals surface area contributed by atoms with Crippen LogP contribution in [0.3, 0.4) is 0 Å². The molecule has 1 N–H and O–H groups in total. The minimum absolute atomic E-state index is 0.0328. The molecule has 134 valence electrons. The van der Waals surface area contributed by atoms with Crippen LogP contribution in [0, 0.1) is 0 Å². The second-order valence-electron chi connectivity index (χ2n) is 4.95. The Labute approximate surface area is 152 Å². The fourth-order valence-electron chi connectivity index (χ4n) is 1.97. The van der Waals surface area contributed by atoms with Crippen LogP contribution in [0.15, 0.2) is 48.5 Å². The van der Waals surface area contributed by atoms with Crippen LogP contribution in [-0.4, -0.2) is 24.0 Å². The maximum atomic E-state index is 12.9. The first-order valence-corrected chi connectivity index (χ1v) is 8.82. The highest BCUT2D eigenvalue weighted by Gasteiger charge is 2.33. The number of carbonyl (C=O) groups excluding carboxylic acids is 1. The van der Waals surface area contributed by atoms with E-state index in [4.69, 9.17) is 16.3 Å². The minimum atomic E-state index is -4.51. The Balaban J connectivity index is 1.75. The lowest BCUT2D eigenvalue weighted by atomic mass is 10.1. The lowest BCUT2D eigenvalue weighted by molar-refractivity contribution is -0.137. The van der Waals surface area contributed by atoms with E-state index >= 15 is 0 Å². The number of alkyl halides is 3. The van der Waals surface area contributed by atoms with Crippen LogP contribution in [0.5, 0.6) is 5.75 Å². The Morgan fingerprint density at radius 2 is 1.92 bits per heavy atom. The summed E-state index contributed by atoms with van der Waals surface area (Å²) in [4.78, 5) is 11.8. The third-order valence-corrected chi connectivity index (χ3v) is 4.19. The summed E-state index contributed by atoms with van der Waals surface area (Å²) in [5.41, 5.74) is -1.10. The number of benzene rings is 2. The molecule has 0 aromatic heterocycles. The largest absolute Gasteiger partial charge is 0.493 e. The van der Waals surface area contributed by atoms with Crippen LogP contribution in [-0.2, 0) is 11.0 Å². The molecule has 8 heteroatoms. The van der Waals surface area contributed by atoms with Crippen LogP contribution in [0.2, 0.25) is 5.02 Å². The lowest BCUT2D eigenvalue weighted by Crippen LogP contribution is -2.18. The molecule has 1 amide bonds. The maximum Gasteiger partial charge on any atom is 0.418 e. The molecule has 0 aliphatic rings. The van der Waals surface area contributed by atoms with Crippen molar-refractivity contribution >= 4 is 35.0 Å². The standard InChI is InChI=1S/C17H15ClF3NO2S/c18-12-4-3-5-13(10-12)24-8-9-25-11-16(23)22-15-7-2-1-6-14(15)17(19,20)21/h1-7,10H,8-9,11H2,(H,22,23). The Morgan fingerprint density at radius 3 is 2.64 bits per heavy atom. The van der Waals surface area contributed by atoms with Gasteiger partial charge in [0.2, 0.25) is 5.91 Å². The molecule has 25 heavy (non-hydrogen) atoms. The van der Waals surface area contributed by atoms with Gasteiger partial charge in [0.15, 0.2) is 0 Å². The van der Waals surface area contributed by atoms with E-state index in [0.29, 0.717) is 23.1 Å². The molecule has 0 unspecified atom stereocenters. The number of halogens is 4. The third-order valence-electron chi connectivity index (χ3n) is 3.03. The Hall–Kier alpha value is -1.86. The first-order valence-electron chi connectivity index (χ1n) is 7.28. The van der Waals surface area contributed by atoms with E-state index in [0.717, 1.165) is 6.07 Å². The maximum absolute atomic E-state index is 12.9. The number of carbonyl (C=O) groups is 1. The molecule has 0 fully saturated rings. The molecular weight excluding hydrogens is 375 g/mol. The summed E-state index contributed by atoms with van der Waals surface area (Å²) in [7, 11) is 0. The Morgan fingerprint density at radius 1 is 1.16 bits per heavy atom. The van der Waals surface area contributed by atoms with Crippen molar-refractivity contribution in [1.29, 1.82) is 0 Å². The Bertz CT molecular complexity index is 725. The monoisotopic (exact) mass is 389 g/mol. The normalized spacial score (nSPS) is 11.2.